The standard InChI is InChI=1S/C21H31N5O4S/c1-4-11-26-18-8-7-16(31(29,30)25-12-5-6-13-25)14-17(18)23-19(26)9-10-20(27)22-15-21(28)24(2)3/h7-8,14H,4-6,9-13,15H2,1-3H3,(H,22,27). The molecule has 2 amide bonds. The van der Waals surface area contributed by atoms with Gasteiger partial charge in [0.15, 0.2) is 0 Å². The van der Waals surface area contributed by atoms with Gasteiger partial charge in [-0.25, -0.2) is 13.4 Å². The third-order valence-electron chi connectivity index (χ3n) is 5.46. The predicted octanol–water partition coefficient (Wildman–Crippen LogP) is 1.37. The number of rotatable bonds is 9. The van der Waals surface area contributed by atoms with Gasteiger partial charge in [0.25, 0.3) is 0 Å². The molecule has 10 heteroatoms. The van der Waals surface area contributed by atoms with Crippen molar-refractivity contribution in [3.05, 3.63) is 24.0 Å². The quantitative estimate of drug-likeness (QED) is 0.623. The Bertz CT molecular complexity index is 1060. The lowest BCUT2D eigenvalue weighted by Crippen LogP contribution is -2.36. The van der Waals surface area contributed by atoms with Crippen LogP contribution in [0.15, 0.2) is 23.1 Å². The molecule has 1 fully saturated rings. The van der Waals surface area contributed by atoms with Gasteiger partial charge in [-0.1, -0.05) is 6.92 Å². The molecule has 0 radical (unpaired) electrons. The first-order chi connectivity index (χ1) is 14.7. The van der Waals surface area contributed by atoms with Crippen LogP contribution in [-0.2, 0) is 32.6 Å². The second-order valence-electron chi connectivity index (χ2n) is 8.01. The van der Waals surface area contributed by atoms with Gasteiger partial charge in [-0.2, -0.15) is 4.31 Å². The molecule has 9 nitrogen and oxygen atoms in total. The zero-order chi connectivity index (χ0) is 22.6. The molecule has 0 aliphatic carbocycles. The fraction of sp³-hybridized carbons (Fsp3) is 0.571. The minimum absolute atomic E-state index is 0.0328. The molecule has 1 aromatic carbocycles. The average Bonchev–Trinajstić information content (AvgIpc) is 3.39. The maximum Gasteiger partial charge on any atom is 0.243 e. The summed E-state index contributed by atoms with van der Waals surface area (Å²) in [5, 5.41) is 2.63. The van der Waals surface area contributed by atoms with Crippen LogP contribution in [0.4, 0.5) is 0 Å². The van der Waals surface area contributed by atoms with Gasteiger partial charge < -0.3 is 14.8 Å². The predicted molar refractivity (Wildman–Crippen MR) is 118 cm³/mol. The van der Waals surface area contributed by atoms with E-state index < -0.39 is 10.0 Å². The molecule has 3 rings (SSSR count). The number of hydrogen-bond donors (Lipinski definition) is 1. The second kappa shape index (κ2) is 9.78. The van der Waals surface area contributed by atoms with Gasteiger partial charge in [-0.3, -0.25) is 9.59 Å². The van der Waals surface area contributed by atoms with Crippen LogP contribution in [-0.4, -0.2) is 72.7 Å². The highest BCUT2D eigenvalue weighted by Gasteiger charge is 2.27. The molecule has 0 atom stereocenters. The highest BCUT2D eigenvalue weighted by atomic mass is 32.2. The van der Waals surface area contributed by atoms with Crippen LogP contribution in [0.1, 0.15) is 38.4 Å². The maximum absolute atomic E-state index is 12.9. The number of likely N-dealkylation sites (N-methyl/N-ethyl adjacent to an activating group) is 1. The smallest absolute Gasteiger partial charge is 0.243 e. The van der Waals surface area contributed by atoms with Crippen LogP contribution in [0.3, 0.4) is 0 Å². The Hall–Kier alpha value is -2.46. The molecule has 0 spiro atoms. The van der Waals surface area contributed by atoms with Crippen molar-refractivity contribution in [3.63, 3.8) is 0 Å². The molecule has 1 aliphatic rings. The molecule has 0 bridgehead atoms. The number of nitrogens with one attached hydrogen (secondary N) is 1. The lowest BCUT2D eigenvalue weighted by atomic mass is 10.2. The molecular weight excluding hydrogens is 418 g/mol. The summed E-state index contributed by atoms with van der Waals surface area (Å²) in [5.41, 5.74) is 1.48. The molecule has 1 aliphatic heterocycles. The molecule has 0 unspecified atom stereocenters. The third-order valence-corrected chi connectivity index (χ3v) is 7.35. The Morgan fingerprint density at radius 1 is 1.19 bits per heavy atom. The van der Waals surface area contributed by atoms with Crippen molar-refractivity contribution in [2.45, 2.75) is 50.5 Å². The summed E-state index contributed by atoms with van der Waals surface area (Å²) in [5.74, 6) is 0.350. The highest BCUT2D eigenvalue weighted by molar-refractivity contribution is 7.89. The second-order valence-corrected chi connectivity index (χ2v) is 9.94. The van der Waals surface area contributed by atoms with E-state index in [-0.39, 0.29) is 29.7 Å². The van der Waals surface area contributed by atoms with Crippen molar-refractivity contribution in [1.82, 2.24) is 24.1 Å². The zero-order valence-electron chi connectivity index (χ0n) is 18.4. The van der Waals surface area contributed by atoms with E-state index in [1.165, 1.54) is 9.21 Å². The number of fused-ring (bicyclic) bond motifs is 1. The number of sulfonamides is 1. The van der Waals surface area contributed by atoms with Crippen LogP contribution in [0.5, 0.6) is 0 Å². The Labute approximate surface area is 183 Å². The summed E-state index contributed by atoms with van der Waals surface area (Å²) >= 11 is 0. The van der Waals surface area contributed by atoms with E-state index >= 15 is 0 Å². The van der Waals surface area contributed by atoms with E-state index in [2.05, 4.69) is 17.2 Å². The molecule has 1 N–H and O–H groups in total. The lowest BCUT2D eigenvalue weighted by molar-refractivity contribution is -0.130. The topological polar surface area (TPSA) is 105 Å². The number of nitrogens with zero attached hydrogens (tertiary/aromatic N) is 4. The van der Waals surface area contributed by atoms with Gasteiger partial charge in [-0.15, -0.1) is 0 Å². The monoisotopic (exact) mass is 449 g/mol. The number of amides is 2. The van der Waals surface area contributed by atoms with E-state index in [1.54, 1.807) is 32.3 Å². The van der Waals surface area contributed by atoms with E-state index in [9.17, 15) is 18.0 Å². The maximum atomic E-state index is 12.9. The summed E-state index contributed by atoms with van der Waals surface area (Å²) in [7, 11) is -0.233. The SMILES string of the molecule is CCCn1c(CCC(=O)NCC(=O)N(C)C)nc2cc(S(=O)(=O)N3CCCC3)ccc21. The fourth-order valence-electron chi connectivity index (χ4n) is 3.71. The van der Waals surface area contributed by atoms with Crippen molar-refractivity contribution in [2.75, 3.05) is 33.7 Å². The summed E-state index contributed by atoms with van der Waals surface area (Å²) in [6.45, 7) is 3.86. The molecule has 2 aromatic rings. The van der Waals surface area contributed by atoms with Crippen molar-refractivity contribution >= 4 is 32.9 Å². The molecular formula is C21H31N5O4S. The van der Waals surface area contributed by atoms with E-state index in [0.29, 0.717) is 25.0 Å². The number of benzene rings is 1. The Morgan fingerprint density at radius 2 is 1.90 bits per heavy atom. The van der Waals surface area contributed by atoms with E-state index in [1.807, 2.05) is 4.57 Å². The minimum Gasteiger partial charge on any atom is -0.347 e. The third kappa shape index (κ3) is 5.24. The van der Waals surface area contributed by atoms with Crippen LogP contribution in [0.2, 0.25) is 0 Å². The largest absolute Gasteiger partial charge is 0.347 e. The lowest BCUT2D eigenvalue weighted by Gasteiger charge is -2.15. The van der Waals surface area contributed by atoms with Crippen LogP contribution in [0.25, 0.3) is 11.0 Å². The van der Waals surface area contributed by atoms with Gasteiger partial charge >= 0.3 is 0 Å². The molecule has 2 heterocycles. The summed E-state index contributed by atoms with van der Waals surface area (Å²) in [4.78, 5) is 30.1. The van der Waals surface area contributed by atoms with Gasteiger partial charge in [0.1, 0.15) is 5.82 Å². The average molecular weight is 450 g/mol. The summed E-state index contributed by atoms with van der Waals surface area (Å²) < 4.78 is 29.4. The van der Waals surface area contributed by atoms with Gasteiger partial charge in [-0.05, 0) is 37.5 Å². The molecule has 0 saturated carbocycles. The first-order valence-electron chi connectivity index (χ1n) is 10.7. The molecule has 1 saturated heterocycles. The van der Waals surface area contributed by atoms with E-state index in [0.717, 1.165) is 37.1 Å². The van der Waals surface area contributed by atoms with Crippen molar-refractivity contribution in [2.24, 2.45) is 0 Å². The number of aryl methyl sites for hydroxylation is 2. The minimum atomic E-state index is -3.51. The summed E-state index contributed by atoms with van der Waals surface area (Å²) in [6.07, 6.45) is 3.27. The van der Waals surface area contributed by atoms with Gasteiger partial charge in [0.2, 0.25) is 21.8 Å². The number of carbonyl (C=O) groups is 2. The number of hydrogen-bond acceptors (Lipinski definition) is 5. The number of aromatic nitrogens is 2. The van der Waals surface area contributed by atoms with Crippen molar-refractivity contribution in [1.29, 1.82) is 0 Å². The normalized spacial score (nSPS) is 14.8. The Morgan fingerprint density at radius 3 is 2.55 bits per heavy atom. The number of imidazole rings is 1. The van der Waals surface area contributed by atoms with Crippen LogP contribution < -0.4 is 5.32 Å². The van der Waals surface area contributed by atoms with Gasteiger partial charge in [0.05, 0.1) is 22.5 Å². The Balaban J connectivity index is 1.78. The van der Waals surface area contributed by atoms with Crippen LogP contribution >= 0.6 is 0 Å². The molecule has 31 heavy (non-hydrogen) atoms. The van der Waals surface area contributed by atoms with Gasteiger partial charge in [0, 0.05) is 46.6 Å². The highest BCUT2D eigenvalue weighted by Crippen LogP contribution is 2.25. The van der Waals surface area contributed by atoms with Crippen molar-refractivity contribution in [3.8, 4) is 0 Å². The van der Waals surface area contributed by atoms with Crippen LogP contribution in [0, 0.1) is 0 Å². The van der Waals surface area contributed by atoms with Crippen molar-refractivity contribution < 1.29 is 18.0 Å². The first-order valence-corrected chi connectivity index (χ1v) is 12.1. The number of carbonyl (C=O) groups excluding carboxylic acids is 2. The summed E-state index contributed by atoms with van der Waals surface area (Å²) in [6, 6.07) is 5.09. The van der Waals surface area contributed by atoms with E-state index in [4.69, 9.17) is 0 Å². The zero-order valence-corrected chi connectivity index (χ0v) is 19.2. The Kier molecular flexibility index (Phi) is 7.32. The molecule has 1 aromatic heterocycles. The first kappa shape index (κ1) is 23.2. The molecule has 170 valence electrons. The fourth-order valence-corrected chi connectivity index (χ4v) is 5.25.